The molecule has 0 unspecified atom stereocenters. The summed E-state index contributed by atoms with van der Waals surface area (Å²) in [6.07, 6.45) is 4.45. The van der Waals surface area contributed by atoms with Gasteiger partial charge in [-0.1, -0.05) is 195 Å². The van der Waals surface area contributed by atoms with Gasteiger partial charge in [0.05, 0.1) is 30.3 Å². The predicted octanol–water partition coefficient (Wildman–Crippen LogP) is 12.4. The number of carbonyl (C=O) groups is 1. The Bertz CT molecular complexity index is 2360. The molecule has 0 aliphatic carbocycles. The normalized spacial score (nSPS) is 12.8. The van der Waals surface area contributed by atoms with Crippen LogP contribution in [0.5, 0.6) is 11.5 Å². The molecule has 1 aliphatic rings. The van der Waals surface area contributed by atoms with Crippen molar-refractivity contribution in [2.45, 2.75) is 48.3 Å². The van der Waals surface area contributed by atoms with Crippen molar-refractivity contribution < 1.29 is 14.3 Å². The van der Waals surface area contributed by atoms with E-state index in [1.807, 2.05) is 23.5 Å². The minimum absolute atomic E-state index is 0.0719. The molecule has 8 heteroatoms. The number of rotatable bonds is 25. The zero-order valence-electron chi connectivity index (χ0n) is 39.6. The summed E-state index contributed by atoms with van der Waals surface area (Å²) in [6.45, 7) is 5.53. The molecule has 6 nitrogen and oxygen atoms in total. The van der Waals surface area contributed by atoms with Crippen molar-refractivity contribution in [1.82, 2.24) is 15.1 Å². The molecule has 0 fully saturated rings. The van der Waals surface area contributed by atoms with Crippen molar-refractivity contribution in [2.75, 3.05) is 58.4 Å². The molecule has 0 aromatic heterocycles. The Kier molecular flexibility index (Phi) is 17.5. The van der Waals surface area contributed by atoms with Gasteiger partial charge in [0.25, 0.3) is 0 Å². The summed E-state index contributed by atoms with van der Waals surface area (Å²) in [5.74, 6) is 3.26. The molecule has 1 aliphatic heterocycles. The highest BCUT2D eigenvalue weighted by Crippen LogP contribution is 2.49. The summed E-state index contributed by atoms with van der Waals surface area (Å²) < 4.78 is 10.3. The quantitative estimate of drug-likeness (QED) is 0.0453. The molecule has 0 saturated heterocycles. The Morgan fingerprint density at radius 2 is 0.882 bits per heavy atom. The number of hydrogen-bond donors (Lipinski definition) is 1. The lowest BCUT2D eigenvalue weighted by molar-refractivity contribution is -0.122. The zero-order chi connectivity index (χ0) is 46.9. The van der Waals surface area contributed by atoms with E-state index in [1.165, 1.54) is 44.5 Å². The first-order chi connectivity index (χ1) is 33.5. The molecular formula is C60H65N3O3S2. The summed E-state index contributed by atoms with van der Waals surface area (Å²) in [6, 6.07) is 69.3. The smallest absolute Gasteiger partial charge is 0.234 e. The van der Waals surface area contributed by atoms with E-state index in [0.717, 1.165) is 81.4 Å². The van der Waals surface area contributed by atoms with E-state index in [-0.39, 0.29) is 5.91 Å². The number of nitrogens with zero attached hydrogens (tertiary/aromatic N) is 2. The average molecular weight is 940 g/mol. The van der Waals surface area contributed by atoms with Crippen LogP contribution in [0.3, 0.4) is 0 Å². The van der Waals surface area contributed by atoms with Crippen LogP contribution in [0.15, 0.2) is 194 Å². The van der Waals surface area contributed by atoms with Crippen LogP contribution in [0.4, 0.5) is 0 Å². The van der Waals surface area contributed by atoms with Crippen molar-refractivity contribution in [1.29, 1.82) is 0 Å². The van der Waals surface area contributed by atoms with Crippen molar-refractivity contribution in [3.63, 3.8) is 0 Å². The van der Waals surface area contributed by atoms with E-state index in [0.29, 0.717) is 13.1 Å². The van der Waals surface area contributed by atoms with Crippen molar-refractivity contribution in [3.8, 4) is 11.5 Å². The number of fused-ring (bicyclic) bond motifs is 1. The van der Waals surface area contributed by atoms with Gasteiger partial charge in [-0.15, -0.1) is 23.5 Å². The Labute approximate surface area is 413 Å². The fraction of sp³-hybridized carbons (Fsp3) is 0.283. The summed E-state index contributed by atoms with van der Waals surface area (Å²) in [7, 11) is 3.40. The van der Waals surface area contributed by atoms with E-state index < -0.39 is 9.49 Å². The van der Waals surface area contributed by atoms with E-state index in [9.17, 15) is 4.79 Å². The van der Waals surface area contributed by atoms with Crippen LogP contribution < -0.4 is 14.8 Å². The van der Waals surface area contributed by atoms with Crippen LogP contribution in [0.2, 0.25) is 0 Å². The number of thioether (sulfide) groups is 2. The molecule has 0 spiro atoms. The third-order valence-corrected chi connectivity index (χ3v) is 16.2. The summed E-state index contributed by atoms with van der Waals surface area (Å²) in [4.78, 5) is 19.0. The summed E-state index contributed by atoms with van der Waals surface area (Å²) >= 11 is 3.85. The van der Waals surface area contributed by atoms with Crippen molar-refractivity contribution in [2.24, 2.45) is 0 Å². The number of hydrogen-bond acceptors (Lipinski definition) is 7. The monoisotopic (exact) mass is 939 g/mol. The lowest BCUT2D eigenvalue weighted by atomic mass is 9.84. The molecule has 1 amide bonds. The summed E-state index contributed by atoms with van der Waals surface area (Å²) in [5.41, 5.74) is 10.1. The third kappa shape index (κ3) is 11.7. The topological polar surface area (TPSA) is 54.0 Å². The second-order valence-electron chi connectivity index (χ2n) is 17.5. The first-order valence-electron chi connectivity index (χ1n) is 24.1. The molecule has 7 aromatic rings. The molecule has 0 radical (unpaired) electrons. The van der Waals surface area contributed by atoms with Gasteiger partial charge in [-0.3, -0.25) is 14.6 Å². The van der Waals surface area contributed by atoms with Gasteiger partial charge in [0, 0.05) is 37.7 Å². The number of methoxy groups -OCH3 is 2. The number of carbonyl (C=O) groups excluding carboxylic acids is 1. The Morgan fingerprint density at radius 1 is 0.515 bits per heavy atom. The fourth-order valence-corrected chi connectivity index (χ4v) is 12.7. The number of ether oxygens (including phenoxy) is 2. The fourth-order valence-electron chi connectivity index (χ4n) is 9.77. The van der Waals surface area contributed by atoms with E-state index in [4.69, 9.17) is 9.47 Å². The predicted molar refractivity (Wildman–Crippen MR) is 285 cm³/mol. The van der Waals surface area contributed by atoms with Gasteiger partial charge in [-0.05, 0) is 82.6 Å². The van der Waals surface area contributed by atoms with Gasteiger partial charge in [-0.2, -0.15) is 0 Å². The number of amides is 1. The van der Waals surface area contributed by atoms with Crippen LogP contribution in [0, 0.1) is 0 Å². The maximum atomic E-state index is 14.1. The molecule has 0 atom stereocenters. The van der Waals surface area contributed by atoms with Crippen LogP contribution >= 0.6 is 23.5 Å². The maximum absolute atomic E-state index is 14.1. The molecule has 0 bridgehead atoms. The van der Waals surface area contributed by atoms with E-state index in [2.05, 4.69) is 209 Å². The molecule has 1 heterocycles. The lowest BCUT2D eigenvalue weighted by Gasteiger charge is -2.36. The van der Waals surface area contributed by atoms with Crippen LogP contribution in [-0.2, 0) is 27.4 Å². The van der Waals surface area contributed by atoms with Crippen LogP contribution in [0.25, 0.3) is 0 Å². The Morgan fingerprint density at radius 3 is 1.26 bits per heavy atom. The third-order valence-electron chi connectivity index (χ3n) is 13.1. The van der Waals surface area contributed by atoms with E-state index >= 15 is 0 Å². The molecule has 7 aromatic carbocycles. The standard InChI is InChI=1S/C60H65N3O3S2/c1-65-56-43-48-45-63(46-49(48)44-57(56)66-2)39-24-4-3-23-38-62(40-42-68-60(53-31-17-8-18-32-53,54-33-19-9-20-34-54)55-35-21-10-22-36-55)47-58(64)61-37-41-67-59(50-25-11-5-12-26-50,51-27-13-6-14-28-51)52-29-15-7-16-30-52/h5-22,25-36,43-44H,3-4,23-24,37-42,45-47H2,1-2H3,(H,61,64). The lowest BCUT2D eigenvalue weighted by Crippen LogP contribution is -2.40. The largest absolute Gasteiger partial charge is 0.493 e. The van der Waals surface area contributed by atoms with Crippen LogP contribution in [0.1, 0.15) is 70.2 Å². The highest BCUT2D eigenvalue weighted by molar-refractivity contribution is 8.00. The Hall–Kier alpha value is -5.77. The first kappa shape index (κ1) is 48.7. The highest BCUT2D eigenvalue weighted by atomic mass is 32.2. The van der Waals surface area contributed by atoms with Gasteiger partial charge < -0.3 is 14.8 Å². The number of unbranched alkanes of at least 4 members (excludes halogenated alkanes) is 3. The SMILES string of the molecule is COc1cc2c(cc1OC)CN(CCCCCCN(CCSC(c1ccccc1)(c1ccccc1)c1ccccc1)CC(=O)NCCSC(c1ccccc1)(c1ccccc1)c1ccccc1)C2. The highest BCUT2D eigenvalue weighted by Gasteiger charge is 2.38. The molecule has 350 valence electrons. The minimum atomic E-state index is -0.430. The molecule has 0 saturated carbocycles. The number of nitrogens with one attached hydrogen (secondary N) is 1. The molecule has 1 N–H and O–H groups in total. The average Bonchev–Trinajstić information content (AvgIpc) is 3.81. The zero-order valence-corrected chi connectivity index (χ0v) is 41.2. The van der Waals surface area contributed by atoms with Gasteiger partial charge >= 0.3 is 0 Å². The second-order valence-corrected chi connectivity index (χ2v) is 20.1. The van der Waals surface area contributed by atoms with E-state index in [1.54, 1.807) is 14.2 Å². The molecule has 68 heavy (non-hydrogen) atoms. The van der Waals surface area contributed by atoms with Crippen LogP contribution in [-0.4, -0.2) is 74.2 Å². The van der Waals surface area contributed by atoms with Gasteiger partial charge in [0.2, 0.25) is 5.91 Å². The van der Waals surface area contributed by atoms with Gasteiger partial charge in [0.15, 0.2) is 11.5 Å². The van der Waals surface area contributed by atoms with Gasteiger partial charge in [-0.25, -0.2) is 0 Å². The summed E-state index contributed by atoms with van der Waals surface area (Å²) in [5, 5.41) is 3.36. The van der Waals surface area contributed by atoms with Crippen molar-refractivity contribution in [3.05, 3.63) is 239 Å². The Balaban J connectivity index is 0.936. The first-order valence-corrected chi connectivity index (χ1v) is 26.1. The maximum Gasteiger partial charge on any atom is 0.234 e. The second kappa shape index (κ2) is 24.5. The molecule has 8 rings (SSSR count). The van der Waals surface area contributed by atoms with Crippen molar-refractivity contribution >= 4 is 29.4 Å². The minimum Gasteiger partial charge on any atom is -0.493 e. The van der Waals surface area contributed by atoms with Gasteiger partial charge in [0.1, 0.15) is 0 Å². The number of benzene rings is 7. The molecular weight excluding hydrogens is 875 g/mol.